The minimum absolute atomic E-state index is 0. The molecule has 3 rings (SSSR count). The Morgan fingerprint density at radius 2 is 1.88 bits per heavy atom. The number of likely N-dealkylation sites (tertiary alicyclic amines) is 1. The Labute approximate surface area is 149 Å². The zero-order chi connectivity index (χ0) is 16.2. The number of nitrogens with zero attached hydrogens (tertiary/aromatic N) is 1. The number of carbonyl (C=O) groups excluding carboxylic acids is 1. The normalized spacial score (nSPS) is 26.0. The molecule has 2 saturated heterocycles. The minimum Gasteiger partial charge on any atom is -0.388 e. The van der Waals surface area contributed by atoms with Gasteiger partial charge < -0.3 is 20.5 Å². The monoisotopic (exact) mass is 354 g/mol. The number of ether oxygens (including phenoxy) is 1. The molecule has 5 nitrogen and oxygen atoms in total. The van der Waals surface area contributed by atoms with Gasteiger partial charge in [-0.3, -0.25) is 4.79 Å². The molecule has 0 bridgehead atoms. The highest BCUT2D eigenvalue weighted by atomic mass is 35.5. The predicted octanol–water partition coefficient (Wildman–Crippen LogP) is 1.89. The van der Waals surface area contributed by atoms with E-state index in [1.165, 1.54) is 0 Å². The number of amides is 1. The van der Waals surface area contributed by atoms with Gasteiger partial charge in [-0.2, -0.15) is 0 Å². The second-order valence-corrected chi connectivity index (χ2v) is 6.58. The molecule has 2 heterocycles. The molecule has 1 unspecified atom stereocenters. The second kappa shape index (κ2) is 8.81. The molecule has 134 valence electrons. The fraction of sp³-hybridized carbons (Fsp3) is 0.611. The van der Waals surface area contributed by atoms with E-state index in [-0.39, 0.29) is 36.4 Å². The Morgan fingerprint density at radius 3 is 2.46 bits per heavy atom. The van der Waals surface area contributed by atoms with E-state index in [4.69, 9.17) is 10.5 Å². The Morgan fingerprint density at radius 1 is 1.21 bits per heavy atom. The van der Waals surface area contributed by atoms with Gasteiger partial charge in [0.15, 0.2) is 0 Å². The van der Waals surface area contributed by atoms with Crippen LogP contribution in [0.4, 0.5) is 0 Å². The number of piperidine rings is 1. The molecule has 0 saturated carbocycles. The van der Waals surface area contributed by atoms with Crippen LogP contribution in [-0.4, -0.2) is 47.8 Å². The summed E-state index contributed by atoms with van der Waals surface area (Å²) in [5.74, 6) is 0.302. The number of hydrogen-bond acceptors (Lipinski definition) is 4. The van der Waals surface area contributed by atoms with Gasteiger partial charge in [0.05, 0.1) is 12.2 Å². The first-order chi connectivity index (χ1) is 11.2. The Kier molecular flexibility index (Phi) is 7.04. The Bertz CT molecular complexity index is 520. The average Bonchev–Trinajstić information content (AvgIpc) is 3.10. The molecule has 1 amide bonds. The van der Waals surface area contributed by atoms with Gasteiger partial charge in [-0.15, -0.1) is 12.4 Å². The third-order valence-corrected chi connectivity index (χ3v) is 5.08. The first-order valence-electron chi connectivity index (χ1n) is 8.56. The summed E-state index contributed by atoms with van der Waals surface area (Å²) in [4.78, 5) is 14.4. The highest BCUT2D eigenvalue weighted by molar-refractivity contribution is 5.85. The van der Waals surface area contributed by atoms with E-state index in [2.05, 4.69) is 0 Å². The second-order valence-electron chi connectivity index (χ2n) is 6.58. The highest BCUT2D eigenvalue weighted by Crippen LogP contribution is 2.31. The van der Waals surface area contributed by atoms with E-state index < -0.39 is 6.10 Å². The lowest BCUT2D eigenvalue weighted by Crippen LogP contribution is -2.44. The van der Waals surface area contributed by atoms with Crippen LogP contribution in [-0.2, 0) is 9.53 Å². The SMILES string of the molecule is Cl.NC[C@H]1CC[C@@H](C(=O)N2CCC(C(O)c3ccccc3)CC2)O1. The number of hydrogen-bond donors (Lipinski definition) is 2. The maximum atomic E-state index is 12.5. The molecule has 2 fully saturated rings. The first kappa shape index (κ1) is 19.2. The molecule has 0 radical (unpaired) electrons. The van der Waals surface area contributed by atoms with Crippen molar-refractivity contribution >= 4 is 18.3 Å². The highest BCUT2D eigenvalue weighted by Gasteiger charge is 2.35. The molecule has 0 spiro atoms. The van der Waals surface area contributed by atoms with Crippen molar-refractivity contribution in [2.24, 2.45) is 11.7 Å². The molecule has 0 aliphatic carbocycles. The molecule has 3 atom stereocenters. The molecule has 2 aliphatic heterocycles. The van der Waals surface area contributed by atoms with Gasteiger partial charge in [0.25, 0.3) is 5.91 Å². The van der Waals surface area contributed by atoms with Gasteiger partial charge in [-0.05, 0) is 37.2 Å². The molecule has 1 aromatic carbocycles. The molecule has 3 N–H and O–H groups in total. The lowest BCUT2D eigenvalue weighted by molar-refractivity contribution is -0.144. The summed E-state index contributed by atoms with van der Waals surface area (Å²) >= 11 is 0. The maximum Gasteiger partial charge on any atom is 0.251 e. The van der Waals surface area contributed by atoms with Crippen LogP contribution in [0.15, 0.2) is 30.3 Å². The van der Waals surface area contributed by atoms with Crippen LogP contribution in [0.2, 0.25) is 0 Å². The zero-order valence-electron chi connectivity index (χ0n) is 13.8. The number of benzene rings is 1. The van der Waals surface area contributed by atoms with Gasteiger partial charge in [0.1, 0.15) is 6.10 Å². The molecule has 1 aromatic rings. The van der Waals surface area contributed by atoms with Crippen LogP contribution in [0.5, 0.6) is 0 Å². The lowest BCUT2D eigenvalue weighted by Gasteiger charge is -2.35. The van der Waals surface area contributed by atoms with Crippen molar-refractivity contribution < 1.29 is 14.6 Å². The van der Waals surface area contributed by atoms with E-state index in [1.807, 2.05) is 35.2 Å². The van der Waals surface area contributed by atoms with Crippen LogP contribution in [0.3, 0.4) is 0 Å². The zero-order valence-corrected chi connectivity index (χ0v) is 14.7. The van der Waals surface area contributed by atoms with Gasteiger partial charge in [0, 0.05) is 19.6 Å². The van der Waals surface area contributed by atoms with Crippen molar-refractivity contribution in [2.45, 2.75) is 44.0 Å². The summed E-state index contributed by atoms with van der Waals surface area (Å²) in [5, 5.41) is 10.5. The molecular weight excluding hydrogens is 328 g/mol. The number of halogens is 1. The van der Waals surface area contributed by atoms with Crippen LogP contribution >= 0.6 is 12.4 Å². The quantitative estimate of drug-likeness (QED) is 0.865. The van der Waals surface area contributed by atoms with Crippen molar-refractivity contribution in [3.63, 3.8) is 0 Å². The van der Waals surface area contributed by atoms with Crippen LogP contribution < -0.4 is 5.73 Å². The average molecular weight is 355 g/mol. The van der Waals surface area contributed by atoms with Crippen LogP contribution in [0.1, 0.15) is 37.4 Å². The van der Waals surface area contributed by atoms with E-state index in [9.17, 15) is 9.90 Å². The molecule has 0 aromatic heterocycles. The van der Waals surface area contributed by atoms with E-state index in [0.29, 0.717) is 19.6 Å². The molecular formula is C18H27ClN2O3. The number of rotatable bonds is 4. The van der Waals surface area contributed by atoms with Crippen molar-refractivity contribution in [2.75, 3.05) is 19.6 Å². The Hall–Kier alpha value is -1.14. The predicted molar refractivity (Wildman–Crippen MR) is 94.9 cm³/mol. The van der Waals surface area contributed by atoms with Gasteiger partial charge >= 0.3 is 0 Å². The van der Waals surface area contributed by atoms with Crippen molar-refractivity contribution in [3.8, 4) is 0 Å². The lowest BCUT2D eigenvalue weighted by atomic mass is 9.87. The smallest absolute Gasteiger partial charge is 0.251 e. The third-order valence-electron chi connectivity index (χ3n) is 5.08. The third kappa shape index (κ3) is 4.28. The van der Waals surface area contributed by atoms with Gasteiger partial charge in [0.2, 0.25) is 0 Å². The van der Waals surface area contributed by atoms with Crippen molar-refractivity contribution in [1.29, 1.82) is 0 Å². The molecule has 2 aliphatic rings. The van der Waals surface area contributed by atoms with Crippen molar-refractivity contribution in [1.82, 2.24) is 4.90 Å². The standard InChI is InChI=1S/C18H26N2O3.ClH/c19-12-15-6-7-16(23-15)18(22)20-10-8-14(9-11-20)17(21)13-4-2-1-3-5-13;/h1-5,14-17,21H,6-12,19H2;1H/t15-,16+,17?;/m1./s1. The first-order valence-corrected chi connectivity index (χ1v) is 8.56. The fourth-order valence-corrected chi connectivity index (χ4v) is 3.62. The van der Waals surface area contributed by atoms with E-state index in [1.54, 1.807) is 0 Å². The summed E-state index contributed by atoms with van der Waals surface area (Å²) in [7, 11) is 0. The molecule has 24 heavy (non-hydrogen) atoms. The largest absolute Gasteiger partial charge is 0.388 e. The topological polar surface area (TPSA) is 75.8 Å². The summed E-state index contributed by atoms with van der Waals surface area (Å²) in [6.45, 7) is 1.87. The number of aliphatic hydroxyl groups is 1. The van der Waals surface area contributed by atoms with Crippen molar-refractivity contribution in [3.05, 3.63) is 35.9 Å². The fourth-order valence-electron chi connectivity index (χ4n) is 3.62. The van der Waals surface area contributed by atoms with E-state index >= 15 is 0 Å². The van der Waals surface area contributed by atoms with E-state index in [0.717, 1.165) is 31.2 Å². The summed E-state index contributed by atoms with van der Waals surface area (Å²) < 4.78 is 5.70. The molecule has 6 heteroatoms. The summed E-state index contributed by atoms with van der Waals surface area (Å²) in [6.07, 6.45) is 2.56. The maximum absolute atomic E-state index is 12.5. The van der Waals surface area contributed by atoms with Crippen LogP contribution in [0.25, 0.3) is 0 Å². The number of carbonyl (C=O) groups is 1. The van der Waals surface area contributed by atoms with Gasteiger partial charge in [-0.1, -0.05) is 30.3 Å². The number of aliphatic hydroxyl groups excluding tert-OH is 1. The van der Waals surface area contributed by atoms with Gasteiger partial charge in [-0.25, -0.2) is 0 Å². The minimum atomic E-state index is -0.446. The summed E-state index contributed by atoms with van der Waals surface area (Å²) in [5.41, 5.74) is 6.56. The number of nitrogens with two attached hydrogens (primary N) is 1. The Balaban J connectivity index is 0.00000208. The summed E-state index contributed by atoms with van der Waals surface area (Å²) in [6, 6.07) is 9.77. The van der Waals surface area contributed by atoms with Crippen LogP contribution in [0, 0.1) is 5.92 Å².